The number of aliphatic hydroxyl groups is 2. The van der Waals surface area contributed by atoms with Gasteiger partial charge in [0.05, 0.1) is 6.10 Å². The monoisotopic (exact) mass is 737 g/mol. The maximum absolute atomic E-state index is 12.5. The third-order valence-corrected chi connectivity index (χ3v) is 9.65. The number of allylic oxidation sites excluding steroid dienone is 7. The van der Waals surface area contributed by atoms with Crippen molar-refractivity contribution in [1.82, 2.24) is 0 Å². The Kier molecular flexibility index (Phi) is 33.0. The molecule has 0 rings (SSSR count). The van der Waals surface area contributed by atoms with Crippen molar-refractivity contribution in [3.8, 4) is 0 Å². The van der Waals surface area contributed by atoms with E-state index in [1.165, 1.54) is 76.0 Å². The fourth-order valence-corrected chi connectivity index (χ4v) is 6.25. The Balaban J connectivity index is 4.42. The molecule has 0 aromatic carbocycles. The largest absolute Gasteiger partial charge is 0.481 e. The van der Waals surface area contributed by atoms with E-state index in [1.54, 1.807) is 6.08 Å². The zero-order chi connectivity index (χ0) is 38.0. The molecule has 0 aromatic heterocycles. The van der Waals surface area contributed by atoms with Gasteiger partial charge in [-0.3, -0.25) is 14.4 Å². The van der Waals surface area contributed by atoms with Gasteiger partial charge in [0.25, 0.3) is 0 Å². The molecule has 0 fully saturated rings. The molecule has 0 aliphatic heterocycles. The van der Waals surface area contributed by atoms with Gasteiger partial charge < -0.3 is 30.5 Å². The van der Waals surface area contributed by atoms with Crippen molar-refractivity contribution in [3.05, 3.63) is 48.6 Å². The molecular weight excluding hydrogens is 667 g/mol. The number of aliphatic carboxylic acids is 1. The fraction of sp³-hybridized carbons (Fsp3) is 0.732. The van der Waals surface area contributed by atoms with E-state index in [9.17, 15) is 24.6 Å². The van der Waals surface area contributed by atoms with Crippen LogP contribution in [-0.4, -0.2) is 75.7 Å². The van der Waals surface area contributed by atoms with Crippen LogP contribution >= 0.6 is 11.8 Å². The highest BCUT2D eigenvalue weighted by atomic mass is 32.2. The first-order valence-corrected chi connectivity index (χ1v) is 20.5. The van der Waals surface area contributed by atoms with E-state index in [-0.39, 0.29) is 37.8 Å². The summed E-state index contributed by atoms with van der Waals surface area (Å²) in [4.78, 5) is 35.4. The van der Waals surface area contributed by atoms with Crippen LogP contribution in [0.4, 0.5) is 0 Å². The third-order valence-electron chi connectivity index (χ3n) is 8.24. The number of hydrogen-bond acceptors (Lipinski definition) is 9. The van der Waals surface area contributed by atoms with Crippen LogP contribution in [0.15, 0.2) is 48.6 Å². The Hall–Kier alpha value is -2.40. The minimum absolute atomic E-state index is 0.0433. The van der Waals surface area contributed by atoms with Crippen LogP contribution in [0, 0.1) is 5.92 Å². The average molecular weight is 738 g/mol. The van der Waals surface area contributed by atoms with Gasteiger partial charge >= 0.3 is 17.9 Å². The number of esters is 2. The third kappa shape index (κ3) is 33.2. The Morgan fingerprint density at radius 1 is 0.725 bits per heavy atom. The standard InChI is InChI=1S/C41H71NO8S/c1-4-5-6-7-8-9-10-11-14-17-20-23-28-38(37(44)27-25-29-39(45)46)51-33-36(42)41(48)50-32-35(43)31-49-40(47)30-24-21-18-15-12-13-16-19-22-26-34(2)3/h8-9,11,14,17,20,23,28,34-38,43-44H,4-7,10,12-13,15-16,18-19,21-22,24-27,29-33,42H2,1-3H3,(H,45,46)/b9-8-,14-11-,20-17+,28-23+/t35-,36+,37+,38-/m1/s1. The summed E-state index contributed by atoms with van der Waals surface area (Å²) in [5.41, 5.74) is 6.04. The molecule has 51 heavy (non-hydrogen) atoms. The SMILES string of the molecule is CCCCC/C=C\C\C=C/C=C/C=C/[C@@H](SC[C@H](N)C(=O)OC[C@H](O)COC(=O)CCCCCCCCCCCC(C)C)[C@@H](O)CCCC(=O)O. The quantitative estimate of drug-likeness (QED) is 0.0218. The molecule has 0 aliphatic carbocycles. The highest BCUT2D eigenvalue weighted by molar-refractivity contribution is 8.00. The number of carboxylic acids is 1. The summed E-state index contributed by atoms with van der Waals surface area (Å²) < 4.78 is 10.3. The molecule has 0 spiro atoms. The molecular formula is C41H71NO8S. The molecule has 294 valence electrons. The van der Waals surface area contributed by atoms with Crippen molar-refractivity contribution in [2.45, 2.75) is 166 Å². The number of carboxylic acid groups (broad SMARTS) is 1. The molecule has 0 heterocycles. The molecule has 0 amide bonds. The van der Waals surface area contributed by atoms with Crippen LogP contribution in [0.3, 0.4) is 0 Å². The molecule has 0 unspecified atom stereocenters. The highest BCUT2D eigenvalue weighted by Crippen LogP contribution is 2.21. The molecule has 10 heteroatoms. The number of unbranched alkanes of at least 4 members (excludes halogenated alkanes) is 11. The van der Waals surface area contributed by atoms with E-state index >= 15 is 0 Å². The van der Waals surface area contributed by atoms with Crippen molar-refractivity contribution in [1.29, 1.82) is 0 Å². The van der Waals surface area contributed by atoms with Crippen molar-refractivity contribution in [3.63, 3.8) is 0 Å². The molecule has 9 nitrogen and oxygen atoms in total. The Morgan fingerprint density at radius 2 is 1.37 bits per heavy atom. The number of carbonyl (C=O) groups excluding carboxylic acids is 2. The van der Waals surface area contributed by atoms with Crippen LogP contribution in [-0.2, 0) is 23.9 Å². The van der Waals surface area contributed by atoms with Crippen LogP contribution in [0.1, 0.15) is 143 Å². The van der Waals surface area contributed by atoms with Crippen LogP contribution in [0.2, 0.25) is 0 Å². The number of thioether (sulfide) groups is 1. The van der Waals surface area contributed by atoms with Crippen LogP contribution in [0.25, 0.3) is 0 Å². The van der Waals surface area contributed by atoms with Gasteiger partial charge in [0, 0.05) is 23.8 Å². The summed E-state index contributed by atoms with van der Waals surface area (Å²) in [6.07, 6.45) is 32.0. The van der Waals surface area contributed by atoms with Crippen molar-refractivity contribution >= 4 is 29.7 Å². The van der Waals surface area contributed by atoms with E-state index in [4.69, 9.17) is 20.3 Å². The zero-order valence-corrected chi connectivity index (χ0v) is 32.7. The average Bonchev–Trinajstić information content (AvgIpc) is 3.09. The predicted octanol–water partition coefficient (Wildman–Crippen LogP) is 8.62. The second-order valence-electron chi connectivity index (χ2n) is 13.7. The molecule has 0 saturated carbocycles. The lowest BCUT2D eigenvalue weighted by Gasteiger charge is -2.21. The number of nitrogens with two attached hydrogens (primary N) is 1. The van der Waals surface area contributed by atoms with Gasteiger partial charge in [-0.15, -0.1) is 11.8 Å². The molecule has 4 atom stereocenters. The van der Waals surface area contributed by atoms with E-state index < -0.39 is 35.4 Å². The van der Waals surface area contributed by atoms with Crippen molar-refractivity contribution < 1.29 is 39.2 Å². The van der Waals surface area contributed by atoms with E-state index in [0.29, 0.717) is 12.8 Å². The number of hydrogen-bond donors (Lipinski definition) is 4. The minimum Gasteiger partial charge on any atom is -0.481 e. The molecule has 0 radical (unpaired) electrons. The first kappa shape index (κ1) is 48.6. The van der Waals surface area contributed by atoms with Gasteiger partial charge in [-0.2, -0.15) is 0 Å². The van der Waals surface area contributed by atoms with Gasteiger partial charge in [0.2, 0.25) is 0 Å². The first-order valence-electron chi connectivity index (χ1n) is 19.5. The lowest BCUT2D eigenvalue weighted by Crippen LogP contribution is -2.38. The maximum atomic E-state index is 12.5. The van der Waals surface area contributed by atoms with Gasteiger partial charge in [0.1, 0.15) is 25.4 Å². The van der Waals surface area contributed by atoms with Crippen molar-refractivity contribution in [2.75, 3.05) is 19.0 Å². The first-order chi connectivity index (χ1) is 24.6. The minimum atomic E-state index is -1.16. The highest BCUT2D eigenvalue weighted by Gasteiger charge is 2.23. The summed E-state index contributed by atoms with van der Waals surface area (Å²) in [6, 6.07) is -1.01. The molecule has 0 bridgehead atoms. The Labute approximate surface area is 313 Å². The Bertz CT molecular complexity index is 996. The summed E-state index contributed by atoms with van der Waals surface area (Å²) in [5.74, 6) is -1.09. The van der Waals surface area contributed by atoms with Gasteiger partial charge in [-0.05, 0) is 44.4 Å². The second kappa shape index (κ2) is 34.7. The summed E-state index contributed by atoms with van der Waals surface area (Å²) in [6.45, 7) is 6.12. The van der Waals surface area contributed by atoms with Gasteiger partial charge in [0.15, 0.2) is 0 Å². The van der Waals surface area contributed by atoms with E-state index in [2.05, 4.69) is 39.0 Å². The van der Waals surface area contributed by atoms with Crippen LogP contribution in [0.5, 0.6) is 0 Å². The molecule has 5 N–H and O–H groups in total. The predicted molar refractivity (Wildman–Crippen MR) is 211 cm³/mol. The van der Waals surface area contributed by atoms with E-state index in [1.807, 2.05) is 24.3 Å². The zero-order valence-electron chi connectivity index (χ0n) is 31.9. The topological polar surface area (TPSA) is 156 Å². The number of carbonyl (C=O) groups is 3. The number of ether oxygens (including phenoxy) is 2. The fourth-order valence-electron chi connectivity index (χ4n) is 5.12. The maximum Gasteiger partial charge on any atom is 0.323 e. The summed E-state index contributed by atoms with van der Waals surface area (Å²) in [5, 5.41) is 29.4. The van der Waals surface area contributed by atoms with Gasteiger partial charge in [-0.25, -0.2) is 0 Å². The summed E-state index contributed by atoms with van der Waals surface area (Å²) >= 11 is 1.27. The molecule has 0 saturated heterocycles. The van der Waals surface area contributed by atoms with Crippen LogP contribution < -0.4 is 5.73 Å². The summed E-state index contributed by atoms with van der Waals surface area (Å²) in [7, 11) is 0. The Morgan fingerprint density at radius 3 is 2.04 bits per heavy atom. The lowest BCUT2D eigenvalue weighted by molar-refractivity contribution is -0.153. The number of aliphatic hydroxyl groups excluding tert-OH is 2. The van der Waals surface area contributed by atoms with Gasteiger partial charge in [-0.1, -0.05) is 140 Å². The normalized spacial score (nSPS) is 14.6. The number of rotatable bonds is 34. The second-order valence-corrected chi connectivity index (χ2v) is 15.0. The lowest BCUT2D eigenvalue weighted by atomic mass is 10.0. The smallest absolute Gasteiger partial charge is 0.323 e. The molecule has 0 aromatic rings. The molecule has 0 aliphatic rings. The van der Waals surface area contributed by atoms with Crippen molar-refractivity contribution in [2.24, 2.45) is 11.7 Å². The van der Waals surface area contributed by atoms with E-state index in [0.717, 1.165) is 38.0 Å².